The van der Waals surface area contributed by atoms with E-state index < -0.39 is 6.04 Å². The number of nitrogens with zero attached hydrogens (tertiary/aromatic N) is 2. The molecule has 0 fully saturated rings. The van der Waals surface area contributed by atoms with Crippen LogP contribution in [0, 0.1) is 0 Å². The zero-order chi connectivity index (χ0) is 25.2. The highest BCUT2D eigenvalue weighted by atomic mass is 16.2. The topological polar surface area (TPSA) is 81.8 Å². The first kappa shape index (κ1) is 24.5. The maximum atomic E-state index is 13.4. The van der Waals surface area contributed by atoms with E-state index in [4.69, 9.17) is 0 Å². The molecule has 184 valence electrons. The first-order valence-electron chi connectivity index (χ1n) is 12.1. The highest BCUT2D eigenvalue weighted by Gasteiger charge is 2.43. The molecule has 0 radical (unpaired) electrons. The van der Waals surface area contributed by atoms with Gasteiger partial charge in [-0.05, 0) is 34.9 Å². The van der Waals surface area contributed by atoms with E-state index in [0.29, 0.717) is 17.8 Å². The molecule has 35 heavy (non-hydrogen) atoms. The van der Waals surface area contributed by atoms with Crippen LogP contribution in [0.5, 0.6) is 0 Å². The Balaban J connectivity index is 1.40. The van der Waals surface area contributed by atoms with Crippen LogP contribution in [0.25, 0.3) is 0 Å². The van der Waals surface area contributed by atoms with Gasteiger partial charge in [0.1, 0.15) is 6.54 Å². The maximum absolute atomic E-state index is 13.4. The molecule has 0 aromatic heterocycles. The van der Waals surface area contributed by atoms with Gasteiger partial charge in [0.2, 0.25) is 5.91 Å². The van der Waals surface area contributed by atoms with Gasteiger partial charge in [-0.1, -0.05) is 75.4 Å². The molecule has 0 saturated heterocycles. The van der Waals surface area contributed by atoms with E-state index in [1.54, 1.807) is 7.05 Å². The van der Waals surface area contributed by atoms with Crippen LogP contribution < -0.4 is 10.6 Å². The van der Waals surface area contributed by atoms with Crippen LogP contribution in [0.15, 0.2) is 65.9 Å². The van der Waals surface area contributed by atoms with E-state index in [0.717, 1.165) is 18.4 Å². The smallest absolute Gasteiger partial charge is 0.322 e. The second kappa shape index (κ2) is 9.94. The third kappa shape index (κ3) is 5.39. The van der Waals surface area contributed by atoms with Gasteiger partial charge in [0.25, 0.3) is 5.91 Å². The summed E-state index contributed by atoms with van der Waals surface area (Å²) in [5, 5.41) is 5.87. The predicted molar refractivity (Wildman–Crippen MR) is 136 cm³/mol. The number of amides is 4. The lowest BCUT2D eigenvalue weighted by molar-refractivity contribution is -0.131. The molecule has 0 spiro atoms. The molecule has 2 aliphatic rings. The lowest BCUT2D eigenvalue weighted by Gasteiger charge is -2.31. The Morgan fingerprint density at radius 3 is 2.40 bits per heavy atom. The molecule has 7 nitrogen and oxygen atoms in total. The van der Waals surface area contributed by atoms with Gasteiger partial charge in [-0.2, -0.15) is 0 Å². The number of urea groups is 1. The van der Waals surface area contributed by atoms with E-state index in [9.17, 15) is 14.4 Å². The second-order valence-electron chi connectivity index (χ2n) is 10.3. The van der Waals surface area contributed by atoms with Crippen molar-refractivity contribution >= 4 is 17.8 Å². The number of carbonyl (C=O) groups excluding carboxylic acids is 3. The average molecular weight is 475 g/mol. The fraction of sp³-hybridized carbons (Fsp3) is 0.393. The molecular formula is C28H34N4O3. The number of hydrogen-bond acceptors (Lipinski definition) is 3. The van der Waals surface area contributed by atoms with Crippen molar-refractivity contribution in [3.63, 3.8) is 0 Å². The van der Waals surface area contributed by atoms with Gasteiger partial charge >= 0.3 is 6.03 Å². The Labute approximate surface area is 207 Å². The highest BCUT2D eigenvalue weighted by molar-refractivity contribution is 6.02. The SMILES string of the molecule is CN1C(=O)NC(c2ccc(C(C)(C)C)cc2)C2=C1CN(CC(=O)NCCCc1ccccc1)C2=O. The van der Waals surface area contributed by atoms with E-state index in [1.807, 2.05) is 42.5 Å². The Morgan fingerprint density at radius 1 is 1.06 bits per heavy atom. The number of benzene rings is 2. The number of hydrogen-bond donors (Lipinski definition) is 2. The summed E-state index contributed by atoms with van der Waals surface area (Å²) in [5.74, 6) is -0.407. The van der Waals surface area contributed by atoms with Crippen LogP contribution in [0.1, 0.15) is 49.9 Å². The zero-order valence-electron chi connectivity index (χ0n) is 20.9. The molecule has 1 atom stereocenters. The predicted octanol–water partition coefficient (Wildman–Crippen LogP) is 3.53. The molecule has 7 heteroatoms. The Kier molecular flexibility index (Phi) is 6.96. The molecular weight excluding hydrogens is 440 g/mol. The molecule has 2 aromatic rings. The molecule has 1 unspecified atom stereocenters. The van der Waals surface area contributed by atoms with Crippen molar-refractivity contribution in [2.24, 2.45) is 0 Å². The Hall–Kier alpha value is -3.61. The van der Waals surface area contributed by atoms with Crippen molar-refractivity contribution in [1.82, 2.24) is 20.4 Å². The van der Waals surface area contributed by atoms with Gasteiger partial charge in [0.05, 0.1) is 23.9 Å². The van der Waals surface area contributed by atoms with Crippen molar-refractivity contribution in [3.05, 3.63) is 82.6 Å². The van der Waals surface area contributed by atoms with Crippen molar-refractivity contribution < 1.29 is 14.4 Å². The van der Waals surface area contributed by atoms with E-state index in [1.165, 1.54) is 20.9 Å². The van der Waals surface area contributed by atoms with Gasteiger partial charge in [-0.15, -0.1) is 0 Å². The Morgan fingerprint density at radius 2 is 1.74 bits per heavy atom. The molecule has 4 rings (SSSR count). The van der Waals surface area contributed by atoms with E-state index >= 15 is 0 Å². The van der Waals surface area contributed by atoms with Gasteiger partial charge in [-0.3, -0.25) is 14.5 Å². The number of rotatable bonds is 7. The number of nitrogens with one attached hydrogen (secondary N) is 2. The second-order valence-corrected chi connectivity index (χ2v) is 10.3. The molecule has 2 aromatic carbocycles. The summed E-state index contributed by atoms with van der Waals surface area (Å²) >= 11 is 0. The quantitative estimate of drug-likeness (QED) is 0.603. The third-order valence-electron chi connectivity index (χ3n) is 6.69. The number of likely N-dealkylation sites (N-methyl/N-ethyl adjacent to an activating group) is 1. The monoisotopic (exact) mass is 474 g/mol. The Bertz CT molecular complexity index is 1130. The fourth-order valence-corrected chi connectivity index (χ4v) is 4.57. The summed E-state index contributed by atoms with van der Waals surface area (Å²) in [4.78, 5) is 41.6. The zero-order valence-corrected chi connectivity index (χ0v) is 20.9. The molecule has 4 amide bonds. The van der Waals surface area contributed by atoms with Gasteiger partial charge in [0.15, 0.2) is 0 Å². The maximum Gasteiger partial charge on any atom is 0.322 e. The van der Waals surface area contributed by atoms with Crippen molar-refractivity contribution in [2.75, 3.05) is 26.7 Å². The highest BCUT2D eigenvalue weighted by Crippen LogP contribution is 2.36. The summed E-state index contributed by atoms with van der Waals surface area (Å²) in [5.41, 5.74) is 4.46. The minimum atomic E-state index is -0.533. The van der Waals surface area contributed by atoms with Crippen LogP contribution in [-0.2, 0) is 21.4 Å². The van der Waals surface area contributed by atoms with Crippen molar-refractivity contribution in [1.29, 1.82) is 0 Å². The third-order valence-corrected chi connectivity index (χ3v) is 6.69. The first-order valence-corrected chi connectivity index (χ1v) is 12.1. The van der Waals surface area contributed by atoms with Crippen LogP contribution in [-0.4, -0.2) is 54.3 Å². The molecule has 2 N–H and O–H groups in total. The largest absolute Gasteiger partial charge is 0.355 e. The van der Waals surface area contributed by atoms with E-state index in [-0.39, 0.29) is 36.3 Å². The van der Waals surface area contributed by atoms with Gasteiger partial charge in [0, 0.05) is 13.6 Å². The summed E-state index contributed by atoms with van der Waals surface area (Å²) in [6.45, 7) is 7.19. The number of aryl methyl sites for hydroxylation is 1. The molecule has 2 aliphatic heterocycles. The number of carbonyl (C=O) groups is 3. The summed E-state index contributed by atoms with van der Waals surface area (Å²) in [6, 6.07) is 17.4. The summed E-state index contributed by atoms with van der Waals surface area (Å²) in [7, 11) is 1.66. The molecule has 0 saturated carbocycles. The summed E-state index contributed by atoms with van der Waals surface area (Å²) in [6.07, 6.45) is 1.71. The van der Waals surface area contributed by atoms with Crippen LogP contribution in [0.3, 0.4) is 0 Å². The lowest BCUT2D eigenvalue weighted by Crippen LogP contribution is -2.45. The minimum absolute atomic E-state index is 0.00736. The van der Waals surface area contributed by atoms with Crippen LogP contribution in [0.2, 0.25) is 0 Å². The van der Waals surface area contributed by atoms with Crippen molar-refractivity contribution in [3.8, 4) is 0 Å². The van der Waals surface area contributed by atoms with Crippen molar-refractivity contribution in [2.45, 2.75) is 45.1 Å². The lowest BCUT2D eigenvalue weighted by atomic mass is 9.85. The summed E-state index contributed by atoms with van der Waals surface area (Å²) < 4.78 is 0. The average Bonchev–Trinajstić information content (AvgIpc) is 3.15. The fourth-order valence-electron chi connectivity index (χ4n) is 4.57. The van der Waals surface area contributed by atoms with Gasteiger partial charge < -0.3 is 15.5 Å². The standard InChI is InChI=1S/C28H34N4O3/c1-28(2,3)21-14-12-20(13-15-21)25-24-22(31(4)27(35)30-25)17-32(26(24)34)18-23(33)29-16-8-11-19-9-6-5-7-10-19/h5-7,9-10,12-15,25H,8,11,16-18H2,1-4H3,(H,29,33)(H,30,35). The van der Waals surface area contributed by atoms with Crippen LogP contribution in [0.4, 0.5) is 4.79 Å². The van der Waals surface area contributed by atoms with Gasteiger partial charge in [-0.25, -0.2) is 4.79 Å². The minimum Gasteiger partial charge on any atom is -0.355 e. The molecule has 0 bridgehead atoms. The first-order chi connectivity index (χ1) is 16.6. The van der Waals surface area contributed by atoms with Crippen LogP contribution >= 0.6 is 0 Å². The molecule has 2 heterocycles. The normalized spacial score (nSPS) is 18.0. The molecule has 0 aliphatic carbocycles. The van der Waals surface area contributed by atoms with E-state index in [2.05, 4.69) is 43.5 Å².